The second-order valence-corrected chi connectivity index (χ2v) is 4.49. The third-order valence-electron chi connectivity index (χ3n) is 2.61. The third-order valence-corrected chi connectivity index (χ3v) is 2.89. The summed E-state index contributed by atoms with van der Waals surface area (Å²) < 4.78 is 9.84. The highest BCUT2D eigenvalue weighted by molar-refractivity contribution is 6.32. The fourth-order valence-electron chi connectivity index (χ4n) is 1.57. The van der Waals surface area contributed by atoms with Gasteiger partial charge in [0.25, 0.3) is 0 Å². The minimum atomic E-state index is -0.425. The smallest absolute Gasteiger partial charge is 0.343 e. The van der Waals surface area contributed by atoms with Crippen molar-refractivity contribution in [3.05, 3.63) is 47.4 Å². The van der Waals surface area contributed by atoms with Crippen LogP contribution in [0.2, 0.25) is 5.02 Å². The van der Waals surface area contributed by atoms with Crippen LogP contribution in [0.4, 0.5) is 5.82 Å². The lowest BCUT2D eigenvalue weighted by Crippen LogP contribution is -2.12. The number of nitrogens with one attached hydrogen (secondary N) is 1. The summed E-state index contributed by atoms with van der Waals surface area (Å²) in [5.74, 6) is 0.729. The number of benzene rings is 1. The van der Waals surface area contributed by atoms with Gasteiger partial charge in [-0.2, -0.15) is 0 Å². The van der Waals surface area contributed by atoms with Crippen molar-refractivity contribution >= 4 is 23.4 Å². The molecule has 1 aromatic carbocycles. The molecule has 0 aliphatic heterocycles. The first kappa shape index (κ1) is 15.1. The van der Waals surface area contributed by atoms with E-state index in [4.69, 9.17) is 16.3 Å². The van der Waals surface area contributed by atoms with Gasteiger partial charge in [0.1, 0.15) is 22.9 Å². The van der Waals surface area contributed by atoms with E-state index < -0.39 is 5.97 Å². The number of esters is 1. The molecular formula is C14H14ClN3O3. The summed E-state index contributed by atoms with van der Waals surface area (Å²) in [7, 11) is 1.32. The highest BCUT2D eigenvalue weighted by Gasteiger charge is 2.04. The van der Waals surface area contributed by atoms with Gasteiger partial charge in [-0.25, -0.2) is 14.8 Å². The average molecular weight is 308 g/mol. The maximum Gasteiger partial charge on any atom is 0.343 e. The van der Waals surface area contributed by atoms with Gasteiger partial charge in [-0.3, -0.25) is 0 Å². The number of carbonyl (C=O) groups excluding carboxylic acids is 1. The van der Waals surface area contributed by atoms with E-state index in [-0.39, 0.29) is 6.61 Å². The van der Waals surface area contributed by atoms with Crippen LogP contribution < -0.4 is 10.1 Å². The van der Waals surface area contributed by atoms with Crippen molar-refractivity contribution in [1.29, 1.82) is 0 Å². The van der Waals surface area contributed by atoms with E-state index in [2.05, 4.69) is 20.0 Å². The number of ether oxygens (including phenoxy) is 2. The zero-order valence-electron chi connectivity index (χ0n) is 11.4. The van der Waals surface area contributed by atoms with Crippen LogP contribution in [0, 0.1) is 0 Å². The molecule has 0 amide bonds. The second kappa shape index (κ2) is 7.44. The Balaban J connectivity index is 1.95. The van der Waals surface area contributed by atoms with E-state index in [0.717, 1.165) is 5.56 Å². The maximum atomic E-state index is 11.0. The Morgan fingerprint density at radius 2 is 2.29 bits per heavy atom. The number of halogens is 1. The molecule has 0 radical (unpaired) electrons. The van der Waals surface area contributed by atoms with Gasteiger partial charge >= 0.3 is 5.97 Å². The SMILES string of the molecule is COC(=O)COc1cccc(CNc2ncncc2Cl)c1. The summed E-state index contributed by atoms with van der Waals surface area (Å²) in [5.41, 5.74) is 0.965. The molecule has 0 aliphatic rings. The highest BCUT2D eigenvalue weighted by Crippen LogP contribution is 2.18. The Kier molecular flexibility index (Phi) is 5.34. The van der Waals surface area contributed by atoms with Crippen molar-refractivity contribution in [2.45, 2.75) is 6.54 Å². The summed E-state index contributed by atoms with van der Waals surface area (Å²) in [5, 5.41) is 3.56. The predicted octanol–water partition coefficient (Wildman–Crippen LogP) is 2.29. The summed E-state index contributed by atoms with van der Waals surface area (Å²) in [6.45, 7) is 0.400. The molecule has 0 unspecified atom stereocenters. The van der Waals surface area contributed by atoms with Crippen molar-refractivity contribution in [2.75, 3.05) is 19.0 Å². The standard InChI is InChI=1S/C14H14ClN3O3/c1-20-13(19)8-21-11-4-2-3-10(5-11)6-17-14-12(15)7-16-9-18-14/h2-5,7,9H,6,8H2,1H3,(H,16,17,18). The molecule has 0 atom stereocenters. The number of carbonyl (C=O) groups is 1. The molecule has 1 aromatic heterocycles. The maximum absolute atomic E-state index is 11.0. The zero-order chi connectivity index (χ0) is 15.1. The molecule has 0 aliphatic carbocycles. The van der Waals surface area contributed by atoms with Gasteiger partial charge in [0.15, 0.2) is 6.61 Å². The Morgan fingerprint density at radius 1 is 1.43 bits per heavy atom. The number of hydrogen-bond donors (Lipinski definition) is 1. The normalized spacial score (nSPS) is 10.0. The summed E-state index contributed by atoms with van der Waals surface area (Å²) in [6.07, 6.45) is 2.94. The lowest BCUT2D eigenvalue weighted by Gasteiger charge is -2.09. The molecule has 1 N–H and O–H groups in total. The van der Waals surface area contributed by atoms with Gasteiger partial charge in [0.05, 0.1) is 13.3 Å². The first-order valence-electron chi connectivity index (χ1n) is 6.17. The van der Waals surface area contributed by atoms with E-state index in [9.17, 15) is 4.79 Å². The number of aromatic nitrogens is 2. The first-order chi connectivity index (χ1) is 10.2. The van der Waals surface area contributed by atoms with Gasteiger partial charge in [-0.1, -0.05) is 23.7 Å². The monoisotopic (exact) mass is 307 g/mol. The average Bonchev–Trinajstić information content (AvgIpc) is 2.52. The quantitative estimate of drug-likeness (QED) is 0.826. The summed E-state index contributed by atoms with van der Waals surface area (Å²) >= 11 is 5.96. The number of nitrogens with zero attached hydrogens (tertiary/aromatic N) is 2. The van der Waals surface area contributed by atoms with Crippen LogP contribution in [0.5, 0.6) is 5.75 Å². The summed E-state index contributed by atoms with van der Waals surface area (Å²) in [6, 6.07) is 7.35. The summed E-state index contributed by atoms with van der Waals surface area (Å²) in [4.78, 5) is 18.9. The van der Waals surface area contributed by atoms with Crippen molar-refractivity contribution in [2.24, 2.45) is 0 Å². The van der Waals surface area contributed by atoms with E-state index in [1.54, 1.807) is 6.07 Å². The third kappa shape index (κ3) is 4.61. The van der Waals surface area contributed by atoms with E-state index in [1.807, 2.05) is 18.2 Å². The molecule has 0 fully saturated rings. The zero-order valence-corrected chi connectivity index (χ0v) is 12.1. The molecule has 0 saturated heterocycles. The van der Waals surface area contributed by atoms with Crippen molar-refractivity contribution in [3.63, 3.8) is 0 Å². The fourth-order valence-corrected chi connectivity index (χ4v) is 1.75. The lowest BCUT2D eigenvalue weighted by atomic mass is 10.2. The molecule has 110 valence electrons. The van der Waals surface area contributed by atoms with Crippen molar-refractivity contribution in [3.8, 4) is 5.75 Å². The van der Waals surface area contributed by atoms with Crippen LogP contribution in [0.3, 0.4) is 0 Å². The van der Waals surface area contributed by atoms with Crippen LogP contribution in [-0.2, 0) is 16.1 Å². The number of hydrogen-bond acceptors (Lipinski definition) is 6. The minimum absolute atomic E-state index is 0.120. The van der Waals surface area contributed by atoms with Gasteiger partial charge in [-0.05, 0) is 17.7 Å². The molecule has 0 saturated carbocycles. The highest BCUT2D eigenvalue weighted by atomic mass is 35.5. The molecule has 1 heterocycles. The number of methoxy groups -OCH3 is 1. The van der Waals surface area contributed by atoms with Crippen LogP contribution in [0.25, 0.3) is 0 Å². The van der Waals surface area contributed by atoms with Gasteiger partial charge < -0.3 is 14.8 Å². The van der Waals surface area contributed by atoms with Gasteiger partial charge in [0, 0.05) is 6.54 Å². The molecular weight excluding hydrogens is 294 g/mol. The Hall–Kier alpha value is -2.34. The lowest BCUT2D eigenvalue weighted by molar-refractivity contribution is -0.142. The first-order valence-corrected chi connectivity index (χ1v) is 6.55. The molecule has 2 rings (SSSR count). The number of rotatable bonds is 6. The molecule has 2 aromatic rings. The van der Waals surface area contributed by atoms with Crippen LogP contribution in [-0.4, -0.2) is 29.7 Å². The second-order valence-electron chi connectivity index (χ2n) is 4.09. The molecule has 21 heavy (non-hydrogen) atoms. The fraction of sp³-hybridized carbons (Fsp3) is 0.214. The van der Waals surface area contributed by atoms with Crippen LogP contribution in [0.1, 0.15) is 5.56 Å². The molecule has 7 heteroatoms. The van der Waals surface area contributed by atoms with Crippen molar-refractivity contribution in [1.82, 2.24) is 9.97 Å². The minimum Gasteiger partial charge on any atom is -0.482 e. The number of anilines is 1. The van der Waals surface area contributed by atoms with E-state index in [0.29, 0.717) is 23.1 Å². The largest absolute Gasteiger partial charge is 0.482 e. The predicted molar refractivity (Wildman–Crippen MR) is 78.3 cm³/mol. The Bertz CT molecular complexity index is 622. The van der Waals surface area contributed by atoms with Crippen LogP contribution in [0.15, 0.2) is 36.8 Å². The molecule has 6 nitrogen and oxygen atoms in total. The van der Waals surface area contributed by atoms with Crippen LogP contribution >= 0.6 is 11.6 Å². The molecule has 0 bridgehead atoms. The van der Waals surface area contributed by atoms with Gasteiger partial charge in [0.2, 0.25) is 0 Å². The van der Waals surface area contributed by atoms with E-state index in [1.165, 1.54) is 19.6 Å². The molecule has 0 spiro atoms. The Morgan fingerprint density at radius 3 is 3.05 bits per heavy atom. The topological polar surface area (TPSA) is 73.3 Å². The van der Waals surface area contributed by atoms with E-state index >= 15 is 0 Å². The Labute approximate surface area is 127 Å². The van der Waals surface area contributed by atoms with Gasteiger partial charge in [-0.15, -0.1) is 0 Å². The van der Waals surface area contributed by atoms with Crippen molar-refractivity contribution < 1.29 is 14.3 Å².